The molecule has 0 saturated carbocycles. The van der Waals surface area contributed by atoms with Gasteiger partial charge in [0.25, 0.3) is 0 Å². The molecule has 0 atom stereocenters. The summed E-state index contributed by atoms with van der Waals surface area (Å²) in [6.07, 6.45) is 8.05. The van der Waals surface area contributed by atoms with E-state index in [-0.39, 0.29) is 0 Å². The average Bonchev–Trinajstić information content (AvgIpc) is 2.89. The zero-order valence-electron chi connectivity index (χ0n) is 10.1. The van der Waals surface area contributed by atoms with Crippen LogP contribution in [0.5, 0.6) is 5.75 Å². The molecule has 0 bridgehead atoms. The predicted octanol–water partition coefficient (Wildman–Crippen LogP) is 1.64. The summed E-state index contributed by atoms with van der Waals surface area (Å²) < 4.78 is 7.68. The van der Waals surface area contributed by atoms with Gasteiger partial charge in [-0.2, -0.15) is 5.10 Å². The second kappa shape index (κ2) is 6.44. The van der Waals surface area contributed by atoms with Gasteiger partial charge in [-0.25, -0.2) is 4.98 Å². The molecule has 2 N–H and O–H groups in total. The van der Waals surface area contributed by atoms with Crippen molar-refractivity contribution in [1.82, 2.24) is 9.55 Å². The number of benzene rings is 1. The van der Waals surface area contributed by atoms with Gasteiger partial charge >= 0.3 is 0 Å². The quantitative estimate of drug-likeness (QED) is 0.363. The van der Waals surface area contributed by atoms with Gasteiger partial charge in [-0.05, 0) is 24.1 Å². The van der Waals surface area contributed by atoms with Crippen LogP contribution in [0.3, 0.4) is 0 Å². The van der Waals surface area contributed by atoms with Gasteiger partial charge in [0.15, 0.2) is 0 Å². The van der Waals surface area contributed by atoms with Crippen molar-refractivity contribution in [1.29, 1.82) is 0 Å². The van der Waals surface area contributed by atoms with Crippen LogP contribution in [0.1, 0.15) is 12.0 Å². The summed E-state index contributed by atoms with van der Waals surface area (Å²) in [4.78, 5) is 3.99. The number of aromatic nitrogens is 2. The number of hydrazone groups is 1. The third-order valence-electron chi connectivity index (χ3n) is 2.47. The van der Waals surface area contributed by atoms with E-state index in [9.17, 15) is 0 Å². The van der Waals surface area contributed by atoms with Crippen LogP contribution in [0.4, 0.5) is 0 Å². The molecule has 94 valence electrons. The van der Waals surface area contributed by atoms with E-state index in [0.29, 0.717) is 6.61 Å². The maximum atomic E-state index is 5.66. The fourth-order valence-electron chi connectivity index (χ4n) is 1.63. The molecule has 2 rings (SSSR count). The maximum absolute atomic E-state index is 5.66. The van der Waals surface area contributed by atoms with Gasteiger partial charge in [0.05, 0.1) is 19.1 Å². The van der Waals surface area contributed by atoms with Crippen molar-refractivity contribution in [3.05, 3.63) is 48.5 Å². The topological polar surface area (TPSA) is 65.4 Å². The normalized spacial score (nSPS) is 10.9. The maximum Gasteiger partial charge on any atom is 0.119 e. The van der Waals surface area contributed by atoms with Crippen LogP contribution in [0, 0.1) is 0 Å². The van der Waals surface area contributed by atoms with Gasteiger partial charge in [-0.3, -0.25) is 0 Å². The molecule has 2 aromatic rings. The number of nitrogens with two attached hydrogens (primary N) is 1. The van der Waals surface area contributed by atoms with Gasteiger partial charge in [-0.15, -0.1) is 0 Å². The third kappa shape index (κ3) is 3.62. The highest BCUT2D eigenvalue weighted by Gasteiger charge is 1.96. The highest BCUT2D eigenvalue weighted by Crippen LogP contribution is 2.12. The molecule has 0 saturated heterocycles. The average molecular weight is 244 g/mol. The lowest BCUT2D eigenvalue weighted by Crippen LogP contribution is -2.03. The Kier molecular flexibility index (Phi) is 4.35. The Balaban J connectivity index is 1.77. The number of nitrogens with zero attached hydrogens (tertiary/aromatic N) is 3. The van der Waals surface area contributed by atoms with Gasteiger partial charge in [-0.1, -0.05) is 12.1 Å². The van der Waals surface area contributed by atoms with Gasteiger partial charge < -0.3 is 15.1 Å². The van der Waals surface area contributed by atoms with E-state index in [2.05, 4.69) is 10.1 Å². The number of aryl methyl sites for hydroxylation is 1. The summed E-state index contributed by atoms with van der Waals surface area (Å²) in [5.41, 5.74) is 0.935. The fraction of sp³-hybridized carbons (Fsp3) is 0.231. The van der Waals surface area contributed by atoms with Crippen LogP contribution in [0.25, 0.3) is 0 Å². The zero-order chi connectivity index (χ0) is 12.6. The van der Waals surface area contributed by atoms with Crippen LogP contribution in [-0.2, 0) is 6.54 Å². The van der Waals surface area contributed by atoms with Gasteiger partial charge in [0.1, 0.15) is 5.75 Å². The summed E-state index contributed by atoms with van der Waals surface area (Å²) >= 11 is 0. The number of hydrogen-bond acceptors (Lipinski definition) is 4. The third-order valence-corrected chi connectivity index (χ3v) is 2.47. The first kappa shape index (κ1) is 12.2. The van der Waals surface area contributed by atoms with Crippen molar-refractivity contribution in [2.24, 2.45) is 10.9 Å². The van der Waals surface area contributed by atoms with E-state index in [1.165, 1.54) is 0 Å². The molecule has 0 amide bonds. The van der Waals surface area contributed by atoms with E-state index in [0.717, 1.165) is 24.3 Å². The lowest BCUT2D eigenvalue weighted by molar-refractivity contribution is 0.301. The summed E-state index contributed by atoms with van der Waals surface area (Å²) in [6, 6.07) is 7.68. The van der Waals surface area contributed by atoms with E-state index < -0.39 is 0 Å². The van der Waals surface area contributed by atoms with E-state index in [1.807, 2.05) is 35.0 Å². The van der Waals surface area contributed by atoms with Crippen molar-refractivity contribution in [2.45, 2.75) is 13.0 Å². The molecule has 0 aliphatic heterocycles. The highest BCUT2D eigenvalue weighted by atomic mass is 16.5. The minimum atomic E-state index is 0.668. The molecule has 0 aliphatic rings. The lowest BCUT2D eigenvalue weighted by Gasteiger charge is -2.07. The summed E-state index contributed by atoms with van der Waals surface area (Å²) in [5.74, 6) is 5.94. The van der Waals surface area contributed by atoms with Crippen molar-refractivity contribution in [3.8, 4) is 5.75 Å². The Bertz CT molecular complexity index is 493. The molecule has 5 heteroatoms. The lowest BCUT2D eigenvalue weighted by atomic mass is 10.2. The monoisotopic (exact) mass is 244 g/mol. The van der Waals surface area contributed by atoms with Gasteiger partial charge in [0, 0.05) is 18.9 Å². The SMILES string of the molecule is NN=Cc1cccc(OCCCn2ccnc2)c1. The predicted molar refractivity (Wildman–Crippen MR) is 70.6 cm³/mol. The molecule has 0 fully saturated rings. The standard InChI is InChI=1S/C13H16N4O/c14-16-10-12-3-1-4-13(9-12)18-8-2-6-17-7-5-15-11-17/h1,3-5,7,9-11H,2,6,8,14H2. The minimum Gasteiger partial charge on any atom is -0.494 e. The molecule has 0 unspecified atom stereocenters. The van der Waals surface area contributed by atoms with E-state index in [4.69, 9.17) is 10.6 Å². The second-order valence-corrected chi connectivity index (χ2v) is 3.85. The van der Waals surface area contributed by atoms with E-state index >= 15 is 0 Å². The molecule has 0 spiro atoms. The summed E-state index contributed by atoms with van der Waals surface area (Å²) in [6.45, 7) is 1.57. The Labute approximate surface area is 106 Å². The molecule has 1 heterocycles. The van der Waals surface area contributed by atoms with Crippen molar-refractivity contribution in [3.63, 3.8) is 0 Å². The van der Waals surface area contributed by atoms with Crippen LogP contribution in [0.2, 0.25) is 0 Å². The number of hydrogen-bond donors (Lipinski definition) is 1. The van der Waals surface area contributed by atoms with Crippen molar-refractivity contribution >= 4 is 6.21 Å². The minimum absolute atomic E-state index is 0.668. The van der Waals surface area contributed by atoms with E-state index in [1.54, 1.807) is 18.7 Å². The molecular formula is C13H16N4O. The molecule has 18 heavy (non-hydrogen) atoms. The molecule has 5 nitrogen and oxygen atoms in total. The zero-order valence-corrected chi connectivity index (χ0v) is 10.1. The van der Waals surface area contributed by atoms with Crippen LogP contribution < -0.4 is 10.6 Å². The first-order chi connectivity index (χ1) is 8.88. The molecule has 1 aromatic heterocycles. The molecular weight excluding hydrogens is 228 g/mol. The first-order valence-electron chi connectivity index (χ1n) is 5.80. The first-order valence-corrected chi connectivity index (χ1v) is 5.80. The Morgan fingerprint density at radius 2 is 2.39 bits per heavy atom. The van der Waals surface area contributed by atoms with Crippen LogP contribution in [0.15, 0.2) is 48.1 Å². The second-order valence-electron chi connectivity index (χ2n) is 3.85. The number of imidazole rings is 1. The highest BCUT2D eigenvalue weighted by molar-refractivity contribution is 5.79. The molecule has 1 aromatic carbocycles. The number of rotatable bonds is 6. The van der Waals surface area contributed by atoms with Crippen molar-refractivity contribution in [2.75, 3.05) is 6.61 Å². The Morgan fingerprint density at radius 3 is 3.17 bits per heavy atom. The van der Waals surface area contributed by atoms with Crippen LogP contribution >= 0.6 is 0 Å². The Morgan fingerprint density at radius 1 is 1.44 bits per heavy atom. The molecule has 0 radical (unpaired) electrons. The largest absolute Gasteiger partial charge is 0.494 e. The van der Waals surface area contributed by atoms with Gasteiger partial charge in [0.2, 0.25) is 0 Å². The van der Waals surface area contributed by atoms with Crippen LogP contribution in [-0.4, -0.2) is 22.4 Å². The smallest absolute Gasteiger partial charge is 0.119 e. The molecule has 0 aliphatic carbocycles. The summed E-state index contributed by atoms with van der Waals surface area (Å²) in [7, 11) is 0. The number of ether oxygens (including phenoxy) is 1. The fourth-order valence-corrected chi connectivity index (χ4v) is 1.63. The van der Waals surface area contributed by atoms with Crippen molar-refractivity contribution < 1.29 is 4.74 Å². The Hall–Kier alpha value is -2.30. The summed E-state index contributed by atoms with van der Waals surface area (Å²) in [5, 5.41) is 3.49.